The van der Waals surface area contributed by atoms with Gasteiger partial charge in [0.1, 0.15) is 17.4 Å². The third-order valence-electron chi connectivity index (χ3n) is 5.64. The number of aromatic nitrogens is 4. The molecule has 2 unspecified atom stereocenters. The molecule has 36 heavy (non-hydrogen) atoms. The lowest BCUT2D eigenvalue weighted by Crippen LogP contribution is -2.49. The van der Waals surface area contributed by atoms with Gasteiger partial charge in [-0.2, -0.15) is 15.2 Å². The van der Waals surface area contributed by atoms with Crippen molar-refractivity contribution in [3.05, 3.63) is 29.8 Å². The highest BCUT2D eigenvalue weighted by Crippen LogP contribution is 2.33. The molecule has 3 aromatic rings. The minimum absolute atomic E-state index is 0.00897. The number of azo groups is 1. The fraction of sp³-hybridized carbons (Fsp3) is 0.500. The van der Waals surface area contributed by atoms with Gasteiger partial charge in [-0.25, -0.2) is 13.3 Å². The van der Waals surface area contributed by atoms with E-state index in [1.165, 1.54) is 29.0 Å². The zero-order valence-corrected chi connectivity index (χ0v) is 21.5. The third-order valence-corrected chi connectivity index (χ3v) is 5.64. The minimum atomic E-state index is -1.28. The Bertz CT molecular complexity index is 1240. The Labute approximate surface area is 209 Å². The van der Waals surface area contributed by atoms with Crippen LogP contribution in [0.25, 0.3) is 16.8 Å². The van der Waals surface area contributed by atoms with Crippen LogP contribution in [0.5, 0.6) is 0 Å². The van der Waals surface area contributed by atoms with Gasteiger partial charge in [0, 0.05) is 27.6 Å². The number of anilines is 2. The molecule has 0 spiro atoms. The molecule has 0 bridgehead atoms. The van der Waals surface area contributed by atoms with Crippen LogP contribution in [0.3, 0.4) is 0 Å². The van der Waals surface area contributed by atoms with Gasteiger partial charge >= 0.3 is 0 Å². The van der Waals surface area contributed by atoms with Gasteiger partial charge < -0.3 is 15.5 Å². The molecule has 194 valence electrons. The van der Waals surface area contributed by atoms with Crippen LogP contribution < -0.4 is 10.6 Å². The van der Waals surface area contributed by atoms with Crippen molar-refractivity contribution in [2.45, 2.75) is 52.8 Å². The van der Waals surface area contributed by atoms with Crippen molar-refractivity contribution in [2.75, 3.05) is 37.8 Å². The van der Waals surface area contributed by atoms with Gasteiger partial charge in [-0.15, -0.1) is 5.10 Å². The number of carbonyl (C=O) groups excluding carboxylic acids is 1. The molecule has 1 aliphatic rings. The first-order valence-electron chi connectivity index (χ1n) is 11.9. The summed E-state index contributed by atoms with van der Waals surface area (Å²) >= 11 is 0. The average Bonchev–Trinajstić information content (AvgIpc) is 3.17. The Morgan fingerprint density at radius 1 is 1.28 bits per heavy atom. The Balaban J connectivity index is 0.00000115. The quantitative estimate of drug-likeness (QED) is 0.487. The number of pyridine rings is 1. The Kier molecular flexibility index (Phi) is 8.83. The fourth-order valence-electron chi connectivity index (χ4n) is 3.96. The smallest absolute Gasteiger partial charge is 0.243 e. The molecule has 4 rings (SSSR count). The van der Waals surface area contributed by atoms with E-state index in [1.807, 2.05) is 0 Å². The summed E-state index contributed by atoms with van der Waals surface area (Å²) in [5, 5.41) is 18.1. The van der Waals surface area contributed by atoms with Crippen molar-refractivity contribution in [3.8, 4) is 11.3 Å². The van der Waals surface area contributed by atoms with Crippen LogP contribution in [0.15, 0.2) is 28.6 Å². The molecule has 3 aromatic heterocycles. The SMILES string of the molecule is CCC.CN=Nc1ccc(-c2c(F)cn3nc(NC4CCN(C(C)=O)CC4F)nc(NC)c23)nc1C. The van der Waals surface area contributed by atoms with Crippen molar-refractivity contribution in [2.24, 2.45) is 10.2 Å². The molecule has 1 aliphatic heterocycles. The highest BCUT2D eigenvalue weighted by molar-refractivity contribution is 5.88. The predicted molar refractivity (Wildman–Crippen MR) is 136 cm³/mol. The first-order valence-corrected chi connectivity index (χ1v) is 11.9. The van der Waals surface area contributed by atoms with Crippen LogP contribution in [0.4, 0.5) is 26.2 Å². The highest BCUT2D eigenvalue weighted by atomic mass is 19.1. The molecule has 12 heteroatoms. The number of alkyl halides is 1. The number of rotatable bonds is 5. The molecule has 0 radical (unpaired) electrons. The molecular formula is C24H33F2N9O. The number of hydrogen-bond acceptors (Lipinski definition) is 8. The van der Waals surface area contributed by atoms with E-state index in [0.29, 0.717) is 41.4 Å². The lowest BCUT2D eigenvalue weighted by atomic mass is 10.0. The minimum Gasteiger partial charge on any atom is -0.371 e. The zero-order valence-electron chi connectivity index (χ0n) is 21.5. The molecular weight excluding hydrogens is 468 g/mol. The first kappa shape index (κ1) is 26.9. The molecule has 1 fully saturated rings. The van der Waals surface area contributed by atoms with Crippen LogP contribution in [0, 0.1) is 12.7 Å². The van der Waals surface area contributed by atoms with Crippen molar-refractivity contribution in [1.82, 2.24) is 24.5 Å². The molecule has 1 saturated heterocycles. The van der Waals surface area contributed by atoms with Gasteiger partial charge in [-0.05, 0) is 25.5 Å². The van der Waals surface area contributed by atoms with Gasteiger partial charge in [0.2, 0.25) is 11.9 Å². The van der Waals surface area contributed by atoms with Gasteiger partial charge in [-0.3, -0.25) is 9.78 Å². The molecule has 10 nitrogen and oxygen atoms in total. The summed E-state index contributed by atoms with van der Waals surface area (Å²) in [5.41, 5.74) is 2.25. The maximum absolute atomic E-state index is 15.0. The van der Waals surface area contributed by atoms with Gasteiger partial charge in [-0.1, -0.05) is 20.3 Å². The molecule has 1 amide bonds. The summed E-state index contributed by atoms with van der Waals surface area (Å²) in [6, 6.07) is 2.82. The Morgan fingerprint density at radius 2 is 2.00 bits per heavy atom. The van der Waals surface area contributed by atoms with Gasteiger partial charge in [0.05, 0.1) is 35.7 Å². The molecule has 0 saturated carbocycles. The average molecular weight is 502 g/mol. The first-order chi connectivity index (χ1) is 17.2. The van der Waals surface area contributed by atoms with E-state index in [1.54, 1.807) is 33.2 Å². The van der Waals surface area contributed by atoms with Crippen molar-refractivity contribution >= 4 is 28.9 Å². The van der Waals surface area contributed by atoms with Crippen molar-refractivity contribution < 1.29 is 13.6 Å². The Hall–Kier alpha value is -3.70. The predicted octanol–water partition coefficient (Wildman–Crippen LogP) is 4.78. The number of hydrogen-bond donors (Lipinski definition) is 2. The van der Waals surface area contributed by atoms with E-state index in [4.69, 9.17) is 0 Å². The summed E-state index contributed by atoms with van der Waals surface area (Å²) in [7, 11) is 3.22. The summed E-state index contributed by atoms with van der Waals surface area (Å²) in [5.74, 6) is -0.163. The molecule has 2 N–H and O–H groups in total. The maximum Gasteiger partial charge on any atom is 0.243 e. The van der Waals surface area contributed by atoms with Crippen LogP contribution in [-0.2, 0) is 4.79 Å². The van der Waals surface area contributed by atoms with Crippen LogP contribution in [-0.4, -0.2) is 69.8 Å². The summed E-state index contributed by atoms with van der Waals surface area (Å²) < 4.78 is 31.0. The lowest BCUT2D eigenvalue weighted by molar-refractivity contribution is -0.131. The molecule has 4 heterocycles. The molecule has 0 aliphatic carbocycles. The second-order valence-electron chi connectivity index (χ2n) is 8.51. The second kappa shape index (κ2) is 11.8. The molecule has 2 atom stereocenters. The van der Waals surface area contributed by atoms with E-state index in [0.717, 1.165) is 0 Å². The maximum atomic E-state index is 15.0. The van der Waals surface area contributed by atoms with Crippen LogP contribution >= 0.6 is 0 Å². The molecule has 0 aromatic carbocycles. The number of halogens is 2. The number of aryl methyl sites for hydroxylation is 1. The van der Waals surface area contributed by atoms with Crippen molar-refractivity contribution in [3.63, 3.8) is 0 Å². The van der Waals surface area contributed by atoms with Crippen LogP contribution in [0.1, 0.15) is 39.3 Å². The van der Waals surface area contributed by atoms with E-state index in [2.05, 4.69) is 49.8 Å². The normalized spacial score (nSPS) is 17.7. The summed E-state index contributed by atoms with van der Waals surface area (Å²) in [4.78, 5) is 21.9. The third kappa shape index (κ3) is 5.74. The van der Waals surface area contributed by atoms with Crippen molar-refractivity contribution in [1.29, 1.82) is 0 Å². The van der Waals surface area contributed by atoms with Gasteiger partial charge in [0.25, 0.3) is 0 Å². The van der Waals surface area contributed by atoms with E-state index < -0.39 is 18.0 Å². The van der Waals surface area contributed by atoms with Crippen LogP contribution in [0.2, 0.25) is 0 Å². The van der Waals surface area contributed by atoms with Gasteiger partial charge in [0.15, 0.2) is 11.6 Å². The number of nitrogens with zero attached hydrogens (tertiary/aromatic N) is 7. The number of fused-ring (bicyclic) bond motifs is 1. The number of amides is 1. The number of nitrogens with one attached hydrogen (secondary N) is 2. The van der Waals surface area contributed by atoms with E-state index in [-0.39, 0.29) is 24.0 Å². The standard InChI is InChI=1S/C21H25F2N9O.C3H8/c1-11-15(29-25-4)5-6-17(26-11)18-14(23)10-32-19(18)20(24-3)28-21(30-32)27-16-7-8-31(12(2)33)9-13(16)22;1-3-2/h5-6,10,13,16H,7-9H2,1-4H3,(H2,24,27,28,30);3H2,1-2H3. The fourth-order valence-corrected chi connectivity index (χ4v) is 3.96. The number of likely N-dealkylation sites (tertiary alicyclic amines) is 1. The monoisotopic (exact) mass is 501 g/mol. The number of piperidine rings is 1. The van der Waals surface area contributed by atoms with E-state index in [9.17, 15) is 9.18 Å². The summed E-state index contributed by atoms with van der Waals surface area (Å²) in [6.07, 6.45) is 1.62. The lowest BCUT2D eigenvalue weighted by Gasteiger charge is -2.34. The largest absolute Gasteiger partial charge is 0.371 e. The van der Waals surface area contributed by atoms with E-state index >= 15 is 4.39 Å². The zero-order chi connectivity index (χ0) is 26.4. The second-order valence-corrected chi connectivity index (χ2v) is 8.51. The highest BCUT2D eigenvalue weighted by Gasteiger charge is 2.31. The summed E-state index contributed by atoms with van der Waals surface area (Å²) in [6.45, 7) is 7.89. The number of carbonyl (C=O) groups is 1. The Morgan fingerprint density at radius 3 is 2.58 bits per heavy atom. The topological polar surface area (TPSA) is 112 Å².